The van der Waals surface area contributed by atoms with Crippen molar-refractivity contribution in [1.82, 2.24) is 15.1 Å². The van der Waals surface area contributed by atoms with Crippen molar-refractivity contribution in [2.24, 2.45) is 5.92 Å². The van der Waals surface area contributed by atoms with E-state index in [0.29, 0.717) is 0 Å². The van der Waals surface area contributed by atoms with Gasteiger partial charge >= 0.3 is 0 Å². The number of hydrogen-bond acceptors (Lipinski definition) is 4. The van der Waals surface area contributed by atoms with Gasteiger partial charge in [-0.3, -0.25) is 4.90 Å². The fraction of sp³-hybridized carbons (Fsp3) is 1.00. The van der Waals surface area contributed by atoms with Gasteiger partial charge in [-0.1, -0.05) is 13.8 Å². The molecule has 0 amide bonds. The summed E-state index contributed by atoms with van der Waals surface area (Å²) in [5.41, 5.74) is 0. The Bertz CT molecular complexity index is 174. The van der Waals surface area contributed by atoms with Crippen LogP contribution in [0.2, 0.25) is 0 Å². The van der Waals surface area contributed by atoms with Gasteiger partial charge in [0.2, 0.25) is 0 Å². The van der Waals surface area contributed by atoms with Crippen LogP contribution in [0, 0.1) is 5.92 Å². The van der Waals surface area contributed by atoms with Gasteiger partial charge in [-0.25, -0.2) is 0 Å². The van der Waals surface area contributed by atoms with E-state index in [4.69, 9.17) is 4.74 Å². The summed E-state index contributed by atoms with van der Waals surface area (Å²) in [6.45, 7) is 12.0. The van der Waals surface area contributed by atoms with Crippen LogP contribution in [0.4, 0.5) is 0 Å². The average molecular weight is 259 g/mol. The van der Waals surface area contributed by atoms with Crippen molar-refractivity contribution in [1.29, 1.82) is 0 Å². The molecule has 0 radical (unpaired) electrons. The fourth-order valence-electron chi connectivity index (χ4n) is 1.91. The Balaban J connectivity index is 3.55. The van der Waals surface area contributed by atoms with Gasteiger partial charge in [0.1, 0.15) is 0 Å². The lowest BCUT2D eigenvalue weighted by molar-refractivity contribution is 0.140. The number of ether oxygens (including phenoxy) is 1. The number of rotatable bonds is 12. The maximum atomic E-state index is 5.16. The molecule has 0 aliphatic carbocycles. The fourth-order valence-corrected chi connectivity index (χ4v) is 1.91. The molecule has 0 spiro atoms. The Hall–Kier alpha value is -0.160. The summed E-state index contributed by atoms with van der Waals surface area (Å²) in [7, 11) is 6.01. The summed E-state index contributed by atoms with van der Waals surface area (Å²) in [4.78, 5) is 4.71. The van der Waals surface area contributed by atoms with Gasteiger partial charge in [0.15, 0.2) is 0 Å². The van der Waals surface area contributed by atoms with Crippen LogP contribution in [0.1, 0.15) is 20.3 Å². The molecule has 0 unspecified atom stereocenters. The summed E-state index contributed by atoms with van der Waals surface area (Å²) >= 11 is 0. The predicted molar refractivity (Wildman–Crippen MR) is 79.2 cm³/mol. The maximum Gasteiger partial charge on any atom is 0.0589 e. The molecule has 4 nitrogen and oxygen atoms in total. The van der Waals surface area contributed by atoms with E-state index in [0.717, 1.165) is 51.8 Å². The van der Waals surface area contributed by atoms with E-state index < -0.39 is 0 Å². The predicted octanol–water partition coefficient (Wildman–Crippen LogP) is 1.13. The van der Waals surface area contributed by atoms with E-state index >= 15 is 0 Å². The van der Waals surface area contributed by atoms with Gasteiger partial charge < -0.3 is 15.0 Å². The van der Waals surface area contributed by atoms with E-state index in [1.807, 2.05) is 0 Å². The molecular formula is C14H33N3O. The molecule has 0 aromatic rings. The molecule has 0 aromatic heterocycles. The summed E-state index contributed by atoms with van der Waals surface area (Å²) in [5.74, 6) is 0.718. The van der Waals surface area contributed by atoms with Crippen molar-refractivity contribution < 1.29 is 4.74 Å². The molecule has 0 heterocycles. The zero-order valence-electron chi connectivity index (χ0n) is 13.0. The molecule has 0 aromatic carbocycles. The third-order valence-electron chi connectivity index (χ3n) is 2.80. The minimum absolute atomic E-state index is 0.718. The largest absolute Gasteiger partial charge is 0.383 e. The number of hydrogen-bond donors (Lipinski definition) is 1. The van der Waals surface area contributed by atoms with E-state index in [1.54, 1.807) is 7.11 Å². The van der Waals surface area contributed by atoms with Crippen LogP contribution in [0.5, 0.6) is 0 Å². The Morgan fingerprint density at radius 2 is 1.78 bits per heavy atom. The lowest BCUT2D eigenvalue weighted by Crippen LogP contribution is -2.37. The highest BCUT2D eigenvalue weighted by atomic mass is 16.5. The summed E-state index contributed by atoms with van der Waals surface area (Å²) in [6.07, 6.45) is 1.22. The zero-order chi connectivity index (χ0) is 13.8. The summed E-state index contributed by atoms with van der Waals surface area (Å²) in [5, 5.41) is 3.51. The molecule has 0 aliphatic heterocycles. The van der Waals surface area contributed by atoms with Gasteiger partial charge in [0.25, 0.3) is 0 Å². The highest BCUT2D eigenvalue weighted by Gasteiger charge is 2.06. The second-order valence-corrected chi connectivity index (χ2v) is 5.59. The van der Waals surface area contributed by atoms with Gasteiger partial charge in [-0.05, 0) is 39.5 Å². The lowest BCUT2D eigenvalue weighted by atomic mass is 10.2. The van der Waals surface area contributed by atoms with Gasteiger partial charge in [0.05, 0.1) is 6.61 Å². The second kappa shape index (κ2) is 11.9. The van der Waals surface area contributed by atoms with Gasteiger partial charge in [0, 0.05) is 33.3 Å². The SMILES string of the molecule is COCCN(CCNCCCN(C)C)CC(C)C. The molecule has 0 bridgehead atoms. The highest BCUT2D eigenvalue weighted by Crippen LogP contribution is 1.97. The first-order valence-electron chi connectivity index (χ1n) is 7.13. The van der Waals surface area contributed by atoms with Crippen LogP contribution in [-0.2, 0) is 4.74 Å². The second-order valence-electron chi connectivity index (χ2n) is 5.59. The van der Waals surface area contributed by atoms with Crippen LogP contribution < -0.4 is 5.32 Å². The van der Waals surface area contributed by atoms with Crippen molar-refractivity contribution in [3.05, 3.63) is 0 Å². The van der Waals surface area contributed by atoms with Crippen LogP contribution in [0.15, 0.2) is 0 Å². The van der Waals surface area contributed by atoms with Crippen LogP contribution in [0.25, 0.3) is 0 Å². The molecule has 1 N–H and O–H groups in total. The van der Waals surface area contributed by atoms with E-state index in [2.05, 4.69) is 43.1 Å². The maximum absolute atomic E-state index is 5.16. The molecule has 0 saturated heterocycles. The molecule has 0 aliphatic rings. The molecular weight excluding hydrogens is 226 g/mol. The van der Waals surface area contributed by atoms with Crippen molar-refractivity contribution >= 4 is 0 Å². The lowest BCUT2D eigenvalue weighted by Gasteiger charge is -2.24. The molecule has 0 fully saturated rings. The first-order chi connectivity index (χ1) is 8.56. The summed E-state index contributed by atoms with van der Waals surface area (Å²) < 4.78 is 5.16. The normalized spacial score (nSPS) is 12.0. The molecule has 4 heteroatoms. The molecule has 18 heavy (non-hydrogen) atoms. The minimum Gasteiger partial charge on any atom is -0.383 e. The highest BCUT2D eigenvalue weighted by molar-refractivity contribution is 4.62. The molecule has 0 saturated carbocycles. The third-order valence-corrected chi connectivity index (χ3v) is 2.80. The third kappa shape index (κ3) is 12.3. The standard InChI is InChI=1S/C14H33N3O/c1-14(2)13-17(11-12-18-5)10-8-15-7-6-9-16(3)4/h14-15H,6-13H2,1-5H3. The molecule has 110 valence electrons. The van der Waals surface area contributed by atoms with E-state index in [9.17, 15) is 0 Å². The van der Waals surface area contributed by atoms with Crippen molar-refractivity contribution in [3.8, 4) is 0 Å². The number of methoxy groups -OCH3 is 1. The quantitative estimate of drug-likeness (QED) is 0.532. The number of nitrogens with zero attached hydrogens (tertiary/aromatic N) is 2. The van der Waals surface area contributed by atoms with Crippen molar-refractivity contribution in [2.75, 3.05) is 67.1 Å². The number of nitrogens with one attached hydrogen (secondary N) is 1. The van der Waals surface area contributed by atoms with Gasteiger partial charge in [-0.15, -0.1) is 0 Å². The Morgan fingerprint density at radius 1 is 1.06 bits per heavy atom. The van der Waals surface area contributed by atoms with E-state index in [1.165, 1.54) is 6.42 Å². The Kier molecular flexibility index (Phi) is 11.8. The van der Waals surface area contributed by atoms with E-state index in [-0.39, 0.29) is 0 Å². The minimum atomic E-state index is 0.718. The zero-order valence-corrected chi connectivity index (χ0v) is 13.0. The Morgan fingerprint density at radius 3 is 2.33 bits per heavy atom. The first-order valence-corrected chi connectivity index (χ1v) is 7.13. The topological polar surface area (TPSA) is 27.7 Å². The molecule has 0 rings (SSSR count). The van der Waals surface area contributed by atoms with Crippen LogP contribution in [0.3, 0.4) is 0 Å². The van der Waals surface area contributed by atoms with Crippen molar-refractivity contribution in [3.63, 3.8) is 0 Å². The smallest absolute Gasteiger partial charge is 0.0589 e. The molecule has 0 atom stereocenters. The average Bonchev–Trinajstić information content (AvgIpc) is 2.29. The van der Waals surface area contributed by atoms with Crippen molar-refractivity contribution in [2.45, 2.75) is 20.3 Å². The summed E-state index contributed by atoms with van der Waals surface area (Å²) in [6, 6.07) is 0. The van der Waals surface area contributed by atoms with Crippen LogP contribution >= 0.6 is 0 Å². The van der Waals surface area contributed by atoms with Crippen LogP contribution in [-0.4, -0.2) is 76.9 Å². The monoisotopic (exact) mass is 259 g/mol. The van der Waals surface area contributed by atoms with Gasteiger partial charge in [-0.2, -0.15) is 0 Å². The Labute approximate surface area is 114 Å². The first kappa shape index (κ1) is 17.8.